The molecule has 0 rings (SSSR count). The first-order chi connectivity index (χ1) is 6.89. The van der Waals surface area contributed by atoms with Gasteiger partial charge in [0.25, 0.3) is 0 Å². The summed E-state index contributed by atoms with van der Waals surface area (Å²) in [5, 5.41) is 12.1. The van der Waals surface area contributed by atoms with Gasteiger partial charge in [-0.1, -0.05) is 6.92 Å². The van der Waals surface area contributed by atoms with E-state index in [2.05, 4.69) is 5.32 Å². The molecule has 0 fully saturated rings. The van der Waals surface area contributed by atoms with Gasteiger partial charge in [-0.15, -0.1) is 0 Å². The second kappa shape index (κ2) is 7.03. The fourth-order valence-corrected chi connectivity index (χ4v) is 1.40. The lowest BCUT2D eigenvalue weighted by Gasteiger charge is -2.25. The molecule has 0 bridgehead atoms. The zero-order chi connectivity index (χ0) is 11.9. The third-order valence-corrected chi connectivity index (χ3v) is 1.85. The number of nitrogens with one attached hydrogen (secondary N) is 1. The van der Waals surface area contributed by atoms with Crippen molar-refractivity contribution in [2.24, 2.45) is 0 Å². The topological polar surface area (TPSA) is 35.5 Å². The Morgan fingerprint density at radius 2 is 2.00 bits per heavy atom. The number of aliphatic hydroxyl groups is 1. The predicted molar refractivity (Wildman–Crippen MR) is 52.7 cm³/mol. The van der Waals surface area contributed by atoms with Crippen LogP contribution in [0.25, 0.3) is 0 Å². The van der Waals surface area contributed by atoms with Crippen LogP contribution in [0.1, 0.15) is 13.3 Å². The van der Waals surface area contributed by atoms with E-state index in [4.69, 9.17) is 0 Å². The number of nitrogens with zero attached hydrogens (tertiary/aromatic N) is 1. The van der Waals surface area contributed by atoms with Crippen molar-refractivity contribution in [1.82, 2.24) is 10.2 Å². The summed E-state index contributed by atoms with van der Waals surface area (Å²) < 4.78 is 36.4. The molecule has 0 amide bonds. The minimum Gasteiger partial charge on any atom is -0.390 e. The fraction of sp³-hybridized carbons (Fsp3) is 1.00. The number of likely N-dealkylation sites (N-methyl/N-ethyl adjacent to an activating group) is 1. The summed E-state index contributed by atoms with van der Waals surface area (Å²) in [6, 6.07) is 0. The quantitative estimate of drug-likeness (QED) is 0.678. The second-order valence-electron chi connectivity index (χ2n) is 3.56. The Labute approximate surface area is 88.3 Å². The van der Waals surface area contributed by atoms with Crippen LogP contribution < -0.4 is 5.32 Å². The molecule has 0 spiro atoms. The Morgan fingerprint density at radius 1 is 1.40 bits per heavy atom. The van der Waals surface area contributed by atoms with Crippen molar-refractivity contribution in [1.29, 1.82) is 0 Å². The highest BCUT2D eigenvalue weighted by Gasteiger charge is 2.30. The molecule has 0 saturated heterocycles. The molecule has 92 valence electrons. The van der Waals surface area contributed by atoms with Gasteiger partial charge in [-0.3, -0.25) is 4.90 Å². The number of rotatable bonds is 7. The molecule has 1 atom stereocenters. The van der Waals surface area contributed by atoms with Crippen molar-refractivity contribution in [2.45, 2.75) is 25.6 Å². The van der Waals surface area contributed by atoms with Crippen LogP contribution in [-0.4, -0.2) is 55.5 Å². The van der Waals surface area contributed by atoms with Gasteiger partial charge >= 0.3 is 6.18 Å². The van der Waals surface area contributed by atoms with Crippen molar-refractivity contribution in [3.8, 4) is 0 Å². The summed E-state index contributed by atoms with van der Waals surface area (Å²) >= 11 is 0. The zero-order valence-corrected chi connectivity index (χ0v) is 9.14. The van der Waals surface area contributed by atoms with Gasteiger partial charge in [-0.25, -0.2) is 0 Å². The van der Waals surface area contributed by atoms with E-state index in [1.165, 1.54) is 4.90 Å². The van der Waals surface area contributed by atoms with Crippen LogP contribution in [0.3, 0.4) is 0 Å². The summed E-state index contributed by atoms with van der Waals surface area (Å²) in [7, 11) is 1.65. The molecule has 0 aliphatic rings. The average Bonchev–Trinajstić information content (AvgIpc) is 2.01. The van der Waals surface area contributed by atoms with Crippen molar-refractivity contribution in [3.05, 3.63) is 0 Å². The van der Waals surface area contributed by atoms with E-state index in [1.807, 2.05) is 6.92 Å². The summed E-state index contributed by atoms with van der Waals surface area (Å²) in [6.07, 6.45) is -4.32. The highest BCUT2D eigenvalue weighted by atomic mass is 19.4. The van der Waals surface area contributed by atoms with Crippen LogP contribution in [0.2, 0.25) is 0 Å². The maximum absolute atomic E-state index is 12.1. The lowest BCUT2D eigenvalue weighted by Crippen LogP contribution is -2.42. The van der Waals surface area contributed by atoms with E-state index in [0.717, 1.165) is 0 Å². The van der Waals surface area contributed by atoms with Gasteiger partial charge in [0.2, 0.25) is 0 Å². The smallest absolute Gasteiger partial charge is 0.390 e. The molecule has 0 heterocycles. The maximum atomic E-state index is 12.1. The van der Waals surface area contributed by atoms with Gasteiger partial charge < -0.3 is 10.4 Å². The largest absolute Gasteiger partial charge is 0.401 e. The van der Waals surface area contributed by atoms with E-state index in [0.29, 0.717) is 19.5 Å². The van der Waals surface area contributed by atoms with Crippen LogP contribution in [0.4, 0.5) is 13.2 Å². The van der Waals surface area contributed by atoms with Crippen LogP contribution in [-0.2, 0) is 0 Å². The SMILES string of the molecule is CCCN(CC(O)CNC)CC(F)(F)F. The molecule has 0 radical (unpaired) electrons. The molecule has 15 heavy (non-hydrogen) atoms. The lowest BCUT2D eigenvalue weighted by molar-refractivity contribution is -0.148. The Bertz CT molecular complexity index is 164. The number of hydrogen-bond donors (Lipinski definition) is 2. The molecular formula is C9H19F3N2O. The Balaban J connectivity index is 4.03. The summed E-state index contributed by atoms with van der Waals surface area (Å²) in [5.41, 5.74) is 0. The van der Waals surface area contributed by atoms with Gasteiger partial charge in [0.1, 0.15) is 0 Å². The molecule has 0 aromatic carbocycles. The predicted octanol–water partition coefficient (Wildman–Crippen LogP) is 0.841. The van der Waals surface area contributed by atoms with Crippen molar-refractivity contribution < 1.29 is 18.3 Å². The third-order valence-electron chi connectivity index (χ3n) is 1.85. The Morgan fingerprint density at radius 3 is 2.40 bits per heavy atom. The van der Waals surface area contributed by atoms with Crippen molar-refractivity contribution in [3.63, 3.8) is 0 Å². The molecule has 0 aliphatic heterocycles. The molecular weight excluding hydrogens is 209 g/mol. The molecule has 6 heteroatoms. The number of aliphatic hydroxyl groups excluding tert-OH is 1. The van der Waals surface area contributed by atoms with E-state index in [1.54, 1.807) is 7.05 Å². The van der Waals surface area contributed by atoms with Gasteiger partial charge in [0.15, 0.2) is 0 Å². The van der Waals surface area contributed by atoms with E-state index >= 15 is 0 Å². The van der Waals surface area contributed by atoms with Crippen LogP contribution in [0.5, 0.6) is 0 Å². The first-order valence-electron chi connectivity index (χ1n) is 5.00. The second-order valence-corrected chi connectivity index (χ2v) is 3.56. The number of hydrogen-bond acceptors (Lipinski definition) is 3. The van der Waals surface area contributed by atoms with Crippen molar-refractivity contribution in [2.75, 3.05) is 33.2 Å². The minimum atomic E-state index is -4.20. The summed E-state index contributed by atoms with van der Waals surface area (Å²) in [5.74, 6) is 0. The maximum Gasteiger partial charge on any atom is 0.401 e. The van der Waals surface area contributed by atoms with E-state index in [-0.39, 0.29) is 6.54 Å². The first-order valence-corrected chi connectivity index (χ1v) is 5.00. The molecule has 1 unspecified atom stereocenters. The van der Waals surface area contributed by atoms with E-state index in [9.17, 15) is 18.3 Å². The molecule has 0 saturated carbocycles. The molecule has 0 aliphatic carbocycles. The summed E-state index contributed by atoms with van der Waals surface area (Å²) in [6.45, 7) is 1.56. The van der Waals surface area contributed by atoms with Gasteiger partial charge in [-0.05, 0) is 20.0 Å². The third kappa shape index (κ3) is 8.65. The summed E-state index contributed by atoms with van der Waals surface area (Å²) in [4.78, 5) is 1.22. The van der Waals surface area contributed by atoms with Crippen molar-refractivity contribution >= 4 is 0 Å². The average molecular weight is 228 g/mol. The molecule has 3 nitrogen and oxygen atoms in total. The normalized spacial score (nSPS) is 14.6. The Kier molecular flexibility index (Phi) is 6.87. The highest BCUT2D eigenvalue weighted by Crippen LogP contribution is 2.16. The van der Waals surface area contributed by atoms with Crippen LogP contribution in [0.15, 0.2) is 0 Å². The van der Waals surface area contributed by atoms with Gasteiger partial charge in [0.05, 0.1) is 12.6 Å². The van der Waals surface area contributed by atoms with Crippen LogP contribution >= 0.6 is 0 Å². The number of alkyl halides is 3. The molecule has 2 N–H and O–H groups in total. The van der Waals surface area contributed by atoms with E-state index < -0.39 is 18.8 Å². The highest BCUT2D eigenvalue weighted by molar-refractivity contribution is 4.68. The Hall–Kier alpha value is -0.330. The lowest BCUT2D eigenvalue weighted by atomic mass is 10.3. The minimum absolute atomic E-state index is 0.0498. The van der Waals surface area contributed by atoms with Gasteiger partial charge in [0, 0.05) is 13.1 Å². The van der Waals surface area contributed by atoms with Gasteiger partial charge in [-0.2, -0.15) is 13.2 Å². The first kappa shape index (κ1) is 14.7. The number of halogens is 3. The monoisotopic (exact) mass is 228 g/mol. The fourth-order valence-electron chi connectivity index (χ4n) is 1.40. The standard InChI is InChI=1S/C9H19F3N2O/c1-3-4-14(7-9(10,11)12)6-8(15)5-13-2/h8,13,15H,3-7H2,1-2H3. The van der Waals surface area contributed by atoms with Crippen LogP contribution in [0, 0.1) is 0 Å². The molecule has 0 aromatic heterocycles. The molecule has 0 aromatic rings. The zero-order valence-electron chi connectivity index (χ0n) is 9.14.